The van der Waals surface area contributed by atoms with Gasteiger partial charge in [0, 0.05) is 31.4 Å². The SMILES string of the molecule is CCCCN(Cc1cccc(C(=O)N[C@@H](CCSC)C(=O)O)c1)Cc1cncn1Cc1ccc(C#N)cc1. The van der Waals surface area contributed by atoms with Crippen molar-refractivity contribution in [3.8, 4) is 6.07 Å². The molecule has 0 aliphatic carbocycles. The monoisotopic (exact) mass is 533 g/mol. The molecule has 0 unspecified atom stereocenters. The Morgan fingerprint density at radius 3 is 2.66 bits per heavy atom. The van der Waals surface area contributed by atoms with Gasteiger partial charge in [-0.15, -0.1) is 0 Å². The third kappa shape index (κ3) is 8.75. The number of thioether (sulfide) groups is 1. The molecule has 1 aromatic heterocycles. The molecule has 38 heavy (non-hydrogen) atoms. The first-order valence-electron chi connectivity index (χ1n) is 12.8. The van der Waals surface area contributed by atoms with E-state index in [-0.39, 0.29) is 5.91 Å². The van der Waals surface area contributed by atoms with Crippen LogP contribution in [0.3, 0.4) is 0 Å². The Hall–Kier alpha value is -3.61. The minimum atomic E-state index is -1.02. The van der Waals surface area contributed by atoms with Gasteiger partial charge >= 0.3 is 5.97 Å². The van der Waals surface area contributed by atoms with Gasteiger partial charge in [0.2, 0.25) is 0 Å². The number of aliphatic carboxylic acids is 1. The highest BCUT2D eigenvalue weighted by Gasteiger charge is 2.20. The van der Waals surface area contributed by atoms with Gasteiger partial charge in [-0.05, 0) is 66.8 Å². The number of nitriles is 1. The van der Waals surface area contributed by atoms with Gasteiger partial charge in [0.05, 0.1) is 23.7 Å². The summed E-state index contributed by atoms with van der Waals surface area (Å²) in [6, 6.07) is 16.2. The van der Waals surface area contributed by atoms with E-state index in [1.165, 1.54) is 0 Å². The van der Waals surface area contributed by atoms with Gasteiger partial charge < -0.3 is 15.0 Å². The number of unbranched alkanes of at least 4 members (excludes halogenated alkanes) is 1. The van der Waals surface area contributed by atoms with Crippen LogP contribution in [0.25, 0.3) is 0 Å². The Morgan fingerprint density at radius 2 is 1.97 bits per heavy atom. The summed E-state index contributed by atoms with van der Waals surface area (Å²) in [6.07, 6.45) is 8.10. The molecule has 0 saturated carbocycles. The number of imidazole rings is 1. The summed E-state index contributed by atoms with van der Waals surface area (Å²) in [5, 5.41) is 21.2. The van der Waals surface area contributed by atoms with E-state index in [1.807, 2.05) is 61.2 Å². The lowest BCUT2D eigenvalue weighted by atomic mass is 10.1. The topological polar surface area (TPSA) is 111 Å². The third-order valence-corrected chi connectivity index (χ3v) is 6.90. The molecule has 2 aromatic carbocycles. The molecule has 0 bridgehead atoms. The van der Waals surface area contributed by atoms with Gasteiger partial charge in [-0.2, -0.15) is 17.0 Å². The lowest BCUT2D eigenvalue weighted by Crippen LogP contribution is -2.41. The molecule has 0 fully saturated rings. The second kappa shape index (κ2) is 15.0. The van der Waals surface area contributed by atoms with Crippen molar-refractivity contribution in [2.24, 2.45) is 0 Å². The van der Waals surface area contributed by atoms with E-state index in [4.69, 9.17) is 5.26 Å². The molecule has 9 heteroatoms. The number of benzene rings is 2. The molecule has 0 spiro atoms. The number of nitrogens with zero attached hydrogens (tertiary/aromatic N) is 4. The predicted molar refractivity (Wildman–Crippen MR) is 150 cm³/mol. The third-order valence-electron chi connectivity index (χ3n) is 6.26. The number of nitrogens with one attached hydrogen (secondary N) is 1. The maximum absolute atomic E-state index is 12.8. The van der Waals surface area contributed by atoms with Crippen LogP contribution >= 0.6 is 11.8 Å². The summed E-state index contributed by atoms with van der Waals surface area (Å²) >= 11 is 1.55. The molecular weight excluding hydrogens is 498 g/mol. The Labute approximate surface area is 228 Å². The second-order valence-electron chi connectivity index (χ2n) is 9.23. The number of hydrogen-bond donors (Lipinski definition) is 2. The molecule has 0 aliphatic rings. The number of rotatable bonds is 15. The zero-order chi connectivity index (χ0) is 27.3. The van der Waals surface area contributed by atoms with Crippen LogP contribution in [0, 0.1) is 11.3 Å². The van der Waals surface area contributed by atoms with Crippen LogP contribution in [-0.4, -0.2) is 56.0 Å². The largest absolute Gasteiger partial charge is 0.480 e. The van der Waals surface area contributed by atoms with Crippen LogP contribution in [0.2, 0.25) is 0 Å². The van der Waals surface area contributed by atoms with Crippen LogP contribution < -0.4 is 5.32 Å². The summed E-state index contributed by atoms with van der Waals surface area (Å²) in [6.45, 7) is 5.07. The highest BCUT2D eigenvalue weighted by molar-refractivity contribution is 7.98. The minimum absolute atomic E-state index is 0.374. The molecular formula is C29H35N5O3S. The number of carboxylic acid groups (broad SMARTS) is 1. The Balaban J connectivity index is 1.70. The fourth-order valence-electron chi connectivity index (χ4n) is 4.13. The predicted octanol–water partition coefficient (Wildman–Crippen LogP) is 4.54. The zero-order valence-electron chi connectivity index (χ0n) is 22.0. The first-order chi connectivity index (χ1) is 18.4. The standard InChI is InChI=1S/C29H35N5O3S/c1-3-4-13-33(20-26-17-31-21-34(26)19-23-10-8-22(16-30)9-11-23)18-24-6-5-7-25(15-24)28(35)32-27(29(36)37)12-14-38-2/h5-11,15,17,21,27H,3-4,12-14,18-20H2,1-2H3,(H,32,35)(H,36,37)/t27-/m0/s1. The fourth-order valence-corrected chi connectivity index (χ4v) is 4.60. The zero-order valence-corrected chi connectivity index (χ0v) is 22.8. The molecule has 1 amide bonds. The van der Waals surface area contributed by atoms with Gasteiger partial charge in [-0.1, -0.05) is 37.6 Å². The summed E-state index contributed by atoms with van der Waals surface area (Å²) in [7, 11) is 0. The maximum atomic E-state index is 12.8. The van der Waals surface area contributed by atoms with E-state index in [2.05, 4.69) is 32.8 Å². The van der Waals surface area contributed by atoms with Crippen LogP contribution in [0.15, 0.2) is 61.1 Å². The Morgan fingerprint density at radius 1 is 1.18 bits per heavy atom. The summed E-state index contributed by atoms with van der Waals surface area (Å²) in [4.78, 5) is 31.1. The molecule has 3 aromatic rings. The number of amides is 1. The molecule has 2 N–H and O–H groups in total. The van der Waals surface area contributed by atoms with Crippen LogP contribution in [0.1, 0.15) is 58.9 Å². The van der Waals surface area contributed by atoms with Crippen LogP contribution in [0.4, 0.5) is 0 Å². The smallest absolute Gasteiger partial charge is 0.326 e. The first-order valence-corrected chi connectivity index (χ1v) is 14.1. The molecule has 1 atom stereocenters. The lowest BCUT2D eigenvalue weighted by molar-refractivity contribution is -0.139. The molecule has 1 heterocycles. The van der Waals surface area contributed by atoms with Gasteiger partial charge in [-0.25, -0.2) is 9.78 Å². The van der Waals surface area contributed by atoms with Gasteiger partial charge in [0.15, 0.2) is 0 Å². The van der Waals surface area contributed by atoms with E-state index in [9.17, 15) is 14.7 Å². The van der Waals surface area contributed by atoms with E-state index in [1.54, 1.807) is 17.8 Å². The Bertz CT molecular complexity index is 1240. The molecule has 0 saturated heterocycles. The average molecular weight is 534 g/mol. The van der Waals surface area contributed by atoms with Crippen molar-refractivity contribution in [1.82, 2.24) is 19.8 Å². The van der Waals surface area contributed by atoms with Gasteiger partial charge in [0.25, 0.3) is 5.91 Å². The van der Waals surface area contributed by atoms with Crippen molar-refractivity contribution in [3.63, 3.8) is 0 Å². The summed E-state index contributed by atoms with van der Waals surface area (Å²) < 4.78 is 2.12. The number of hydrogen-bond acceptors (Lipinski definition) is 6. The fraction of sp³-hybridized carbons (Fsp3) is 0.379. The van der Waals surface area contributed by atoms with E-state index in [0.717, 1.165) is 36.2 Å². The molecule has 3 rings (SSSR count). The van der Waals surface area contributed by atoms with Crippen LogP contribution in [-0.2, 0) is 24.4 Å². The normalized spacial score (nSPS) is 11.7. The van der Waals surface area contributed by atoms with Crippen molar-refractivity contribution in [2.75, 3.05) is 18.6 Å². The maximum Gasteiger partial charge on any atom is 0.326 e. The summed E-state index contributed by atoms with van der Waals surface area (Å²) in [5.74, 6) is -0.737. The number of carbonyl (C=O) groups excluding carboxylic acids is 1. The van der Waals surface area contributed by atoms with Crippen LogP contribution in [0.5, 0.6) is 0 Å². The van der Waals surface area contributed by atoms with Crippen molar-refractivity contribution < 1.29 is 14.7 Å². The molecule has 8 nitrogen and oxygen atoms in total. The van der Waals surface area contributed by atoms with Crippen molar-refractivity contribution in [1.29, 1.82) is 5.26 Å². The van der Waals surface area contributed by atoms with E-state index < -0.39 is 12.0 Å². The average Bonchev–Trinajstić information content (AvgIpc) is 3.36. The van der Waals surface area contributed by atoms with Crippen molar-refractivity contribution in [3.05, 3.63) is 89.0 Å². The highest BCUT2D eigenvalue weighted by atomic mass is 32.2. The quantitative estimate of drug-likeness (QED) is 0.295. The van der Waals surface area contributed by atoms with Gasteiger partial charge in [0.1, 0.15) is 6.04 Å². The minimum Gasteiger partial charge on any atom is -0.480 e. The number of carboxylic acids is 1. The number of aromatic nitrogens is 2. The van der Waals surface area contributed by atoms with Crippen molar-refractivity contribution >= 4 is 23.6 Å². The molecule has 200 valence electrons. The highest BCUT2D eigenvalue weighted by Crippen LogP contribution is 2.15. The Kier molecular flexibility index (Phi) is 11.4. The molecule has 0 radical (unpaired) electrons. The number of carbonyl (C=O) groups is 2. The lowest BCUT2D eigenvalue weighted by Gasteiger charge is -2.23. The van der Waals surface area contributed by atoms with Gasteiger partial charge in [-0.3, -0.25) is 9.69 Å². The second-order valence-corrected chi connectivity index (χ2v) is 10.2. The van der Waals surface area contributed by atoms with E-state index >= 15 is 0 Å². The van der Waals surface area contributed by atoms with E-state index in [0.29, 0.717) is 42.9 Å². The summed E-state index contributed by atoms with van der Waals surface area (Å²) in [5.41, 5.74) is 4.26. The van der Waals surface area contributed by atoms with Crippen molar-refractivity contribution in [2.45, 2.75) is 51.9 Å². The molecule has 0 aliphatic heterocycles. The first kappa shape index (κ1) is 29.0.